The zero-order valence-electron chi connectivity index (χ0n) is 8.89. The number of hydrogen-bond acceptors (Lipinski definition) is 2. The second-order valence-electron chi connectivity index (χ2n) is 4.04. The molecule has 2 nitrogen and oxygen atoms in total. The highest BCUT2D eigenvalue weighted by molar-refractivity contribution is 5.47. The molecule has 1 aromatic rings. The lowest BCUT2D eigenvalue weighted by Gasteiger charge is -2.36. The van der Waals surface area contributed by atoms with E-state index in [1.54, 1.807) is 0 Å². The maximum Gasteiger partial charge on any atom is 0.0643 e. The molecule has 1 unspecified atom stereocenters. The summed E-state index contributed by atoms with van der Waals surface area (Å²) in [5.41, 5.74) is 1.26. The number of nitriles is 1. The first kappa shape index (κ1) is 10.0. The van der Waals surface area contributed by atoms with E-state index in [0.717, 1.165) is 13.0 Å². The topological polar surface area (TPSA) is 27.0 Å². The summed E-state index contributed by atoms with van der Waals surface area (Å²) in [7, 11) is 0. The van der Waals surface area contributed by atoms with Gasteiger partial charge in [-0.2, -0.15) is 5.26 Å². The van der Waals surface area contributed by atoms with Gasteiger partial charge in [0.25, 0.3) is 0 Å². The molecular weight excluding hydrogens is 184 g/mol. The van der Waals surface area contributed by atoms with E-state index in [4.69, 9.17) is 5.26 Å². The second kappa shape index (κ2) is 4.84. The van der Waals surface area contributed by atoms with Gasteiger partial charge in [0.1, 0.15) is 0 Å². The van der Waals surface area contributed by atoms with Gasteiger partial charge in [-0.25, -0.2) is 0 Å². The zero-order chi connectivity index (χ0) is 10.5. The van der Waals surface area contributed by atoms with Gasteiger partial charge in [-0.3, -0.25) is 0 Å². The number of hydrogen-bond donors (Lipinski definition) is 0. The van der Waals surface area contributed by atoms with Crippen LogP contribution in [-0.4, -0.2) is 12.6 Å². The minimum atomic E-state index is 0.422. The molecule has 0 N–H and O–H groups in total. The molecule has 1 aromatic carbocycles. The highest BCUT2D eigenvalue weighted by Crippen LogP contribution is 2.25. The van der Waals surface area contributed by atoms with Crippen molar-refractivity contribution in [3.63, 3.8) is 0 Å². The van der Waals surface area contributed by atoms with Gasteiger partial charge in [0.05, 0.1) is 12.5 Å². The van der Waals surface area contributed by atoms with E-state index < -0.39 is 0 Å². The molecule has 15 heavy (non-hydrogen) atoms. The van der Waals surface area contributed by atoms with Crippen LogP contribution in [0.3, 0.4) is 0 Å². The van der Waals surface area contributed by atoms with Crippen LogP contribution in [0, 0.1) is 11.3 Å². The first-order chi connectivity index (χ1) is 7.42. The van der Waals surface area contributed by atoms with Crippen molar-refractivity contribution in [1.29, 1.82) is 5.26 Å². The van der Waals surface area contributed by atoms with Crippen LogP contribution >= 0.6 is 0 Å². The summed E-state index contributed by atoms with van der Waals surface area (Å²) >= 11 is 0. The molecule has 1 heterocycles. The van der Waals surface area contributed by atoms with Crippen molar-refractivity contribution in [2.75, 3.05) is 11.4 Å². The molecule has 1 saturated heterocycles. The Morgan fingerprint density at radius 2 is 2.07 bits per heavy atom. The van der Waals surface area contributed by atoms with Crippen molar-refractivity contribution < 1.29 is 0 Å². The minimum Gasteiger partial charge on any atom is -0.368 e. The lowest BCUT2D eigenvalue weighted by atomic mass is 9.99. The number of nitrogens with zero attached hydrogens (tertiary/aromatic N) is 2. The summed E-state index contributed by atoms with van der Waals surface area (Å²) in [5.74, 6) is 0. The van der Waals surface area contributed by atoms with Gasteiger partial charge in [0.2, 0.25) is 0 Å². The van der Waals surface area contributed by atoms with Gasteiger partial charge in [-0.1, -0.05) is 18.2 Å². The average molecular weight is 200 g/mol. The standard InChI is InChI=1S/C13H16N2/c14-10-9-13-8-4-5-11-15(13)12-6-2-1-3-7-12/h1-3,6-7,13H,4-5,8-9,11H2. The third-order valence-electron chi connectivity index (χ3n) is 3.04. The van der Waals surface area contributed by atoms with E-state index in [9.17, 15) is 0 Å². The molecular formula is C13H16N2. The fourth-order valence-corrected chi connectivity index (χ4v) is 2.28. The highest BCUT2D eigenvalue weighted by atomic mass is 15.2. The summed E-state index contributed by atoms with van der Waals surface area (Å²) in [6.45, 7) is 1.09. The second-order valence-corrected chi connectivity index (χ2v) is 4.04. The van der Waals surface area contributed by atoms with Crippen LogP contribution in [0.15, 0.2) is 30.3 Å². The number of benzene rings is 1. The van der Waals surface area contributed by atoms with Crippen molar-refractivity contribution in [2.45, 2.75) is 31.7 Å². The molecule has 0 aromatic heterocycles. The molecule has 2 rings (SSSR count). The van der Waals surface area contributed by atoms with Crippen LogP contribution in [0.5, 0.6) is 0 Å². The fourth-order valence-electron chi connectivity index (χ4n) is 2.28. The zero-order valence-corrected chi connectivity index (χ0v) is 8.89. The maximum absolute atomic E-state index is 8.81. The number of rotatable bonds is 2. The van der Waals surface area contributed by atoms with Gasteiger partial charge in [-0.15, -0.1) is 0 Å². The van der Waals surface area contributed by atoms with Crippen molar-refractivity contribution in [3.8, 4) is 6.07 Å². The highest BCUT2D eigenvalue weighted by Gasteiger charge is 2.21. The Labute approximate surface area is 91.1 Å². The Morgan fingerprint density at radius 1 is 1.27 bits per heavy atom. The van der Waals surface area contributed by atoms with Crippen LogP contribution in [-0.2, 0) is 0 Å². The molecule has 78 valence electrons. The summed E-state index contributed by atoms with van der Waals surface area (Å²) < 4.78 is 0. The average Bonchev–Trinajstić information content (AvgIpc) is 2.31. The van der Waals surface area contributed by atoms with E-state index in [0.29, 0.717) is 12.5 Å². The molecule has 0 saturated carbocycles. The summed E-state index contributed by atoms with van der Waals surface area (Å²) in [5, 5.41) is 8.81. The Morgan fingerprint density at radius 3 is 2.80 bits per heavy atom. The van der Waals surface area contributed by atoms with E-state index in [1.165, 1.54) is 18.5 Å². The van der Waals surface area contributed by atoms with E-state index in [1.807, 2.05) is 6.07 Å². The Hall–Kier alpha value is -1.49. The van der Waals surface area contributed by atoms with Crippen molar-refractivity contribution >= 4 is 5.69 Å². The molecule has 1 fully saturated rings. The predicted octanol–water partition coefficient (Wildman–Crippen LogP) is 2.96. The van der Waals surface area contributed by atoms with Gasteiger partial charge in [-0.05, 0) is 31.4 Å². The molecule has 1 aliphatic heterocycles. The molecule has 2 heteroatoms. The van der Waals surface area contributed by atoms with Crippen molar-refractivity contribution in [3.05, 3.63) is 30.3 Å². The van der Waals surface area contributed by atoms with Crippen LogP contribution in [0.2, 0.25) is 0 Å². The van der Waals surface area contributed by atoms with Crippen molar-refractivity contribution in [1.82, 2.24) is 0 Å². The van der Waals surface area contributed by atoms with Gasteiger partial charge in [0.15, 0.2) is 0 Å². The van der Waals surface area contributed by atoms with Gasteiger partial charge >= 0.3 is 0 Å². The molecule has 0 bridgehead atoms. The lowest BCUT2D eigenvalue weighted by molar-refractivity contribution is 0.464. The van der Waals surface area contributed by atoms with E-state index in [-0.39, 0.29) is 0 Å². The Kier molecular flexibility index (Phi) is 3.24. The first-order valence-electron chi connectivity index (χ1n) is 5.60. The van der Waals surface area contributed by atoms with E-state index in [2.05, 4.69) is 35.2 Å². The third kappa shape index (κ3) is 2.30. The summed E-state index contributed by atoms with van der Waals surface area (Å²) in [6, 6.07) is 13.1. The lowest BCUT2D eigenvalue weighted by Crippen LogP contribution is -2.39. The Balaban J connectivity index is 2.15. The maximum atomic E-state index is 8.81. The summed E-state index contributed by atoms with van der Waals surface area (Å²) in [4.78, 5) is 2.38. The van der Waals surface area contributed by atoms with Crippen LogP contribution < -0.4 is 4.90 Å². The quantitative estimate of drug-likeness (QED) is 0.734. The smallest absolute Gasteiger partial charge is 0.0643 e. The number of anilines is 1. The van der Waals surface area contributed by atoms with Gasteiger partial charge < -0.3 is 4.90 Å². The van der Waals surface area contributed by atoms with Crippen molar-refractivity contribution in [2.24, 2.45) is 0 Å². The first-order valence-corrected chi connectivity index (χ1v) is 5.60. The number of para-hydroxylation sites is 1. The molecule has 0 radical (unpaired) electrons. The summed E-state index contributed by atoms with van der Waals surface area (Å²) in [6.07, 6.45) is 4.31. The van der Waals surface area contributed by atoms with E-state index >= 15 is 0 Å². The van der Waals surface area contributed by atoms with Crippen LogP contribution in [0.1, 0.15) is 25.7 Å². The molecule has 0 aliphatic carbocycles. The minimum absolute atomic E-state index is 0.422. The predicted molar refractivity (Wildman–Crippen MR) is 61.7 cm³/mol. The fraction of sp³-hybridized carbons (Fsp3) is 0.462. The van der Waals surface area contributed by atoms with Gasteiger partial charge in [0, 0.05) is 18.3 Å². The monoisotopic (exact) mass is 200 g/mol. The molecule has 0 amide bonds. The van der Waals surface area contributed by atoms with Crippen LogP contribution in [0.25, 0.3) is 0 Å². The largest absolute Gasteiger partial charge is 0.368 e. The third-order valence-corrected chi connectivity index (χ3v) is 3.04. The SMILES string of the molecule is N#CCC1CCCCN1c1ccccc1. The molecule has 1 aliphatic rings. The number of piperidine rings is 1. The Bertz CT molecular complexity index is 339. The molecule has 0 spiro atoms. The normalized spacial score (nSPS) is 21.0. The van der Waals surface area contributed by atoms with Crippen LogP contribution in [0.4, 0.5) is 5.69 Å². The molecule has 1 atom stereocenters.